The summed E-state index contributed by atoms with van der Waals surface area (Å²) < 4.78 is 24.9. The van der Waals surface area contributed by atoms with E-state index in [-0.39, 0.29) is 4.90 Å². The first-order valence-electron chi connectivity index (χ1n) is 9.41. The molecule has 0 fully saturated rings. The number of aromatic nitrogens is 3. The molecule has 3 aromatic carbocycles. The molecule has 2 aromatic heterocycles. The maximum Gasteiger partial charge on any atom is 0.238 e. The van der Waals surface area contributed by atoms with Gasteiger partial charge >= 0.3 is 0 Å². The number of primary sulfonamides is 1. The Hall–Kier alpha value is -3.55. The summed E-state index contributed by atoms with van der Waals surface area (Å²) in [4.78, 5) is 9.43. The summed E-state index contributed by atoms with van der Waals surface area (Å²) in [5.74, 6) is 0. The normalized spacial score (nSPS) is 11.9. The lowest BCUT2D eigenvalue weighted by atomic mass is 10.1. The molecule has 2 heterocycles. The SMILES string of the molecule is NS(=O)(=O)c1ccc(Cc2nccn3cc(-c4ccc5ccccc5c4)nc23)cc1. The quantitative estimate of drug-likeness (QED) is 0.484. The minimum Gasteiger partial charge on any atom is -0.303 e. The van der Waals surface area contributed by atoms with Crippen molar-refractivity contribution >= 4 is 26.4 Å². The van der Waals surface area contributed by atoms with E-state index in [1.807, 2.05) is 28.9 Å². The number of hydrogen-bond donors (Lipinski definition) is 1. The summed E-state index contributed by atoms with van der Waals surface area (Å²) in [6.07, 6.45) is 6.14. The smallest absolute Gasteiger partial charge is 0.238 e. The highest BCUT2D eigenvalue weighted by Crippen LogP contribution is 2.25. The van der Waals surface area contributed by atoms with Gasteiger partial charge in [-0.2, -0.15) is 0 Å². The molecular formula is C23H18N4O2S. The van der Waals surface area contributed by atoms with Gasteiger partial charge in [0.05, 0.1) is 16.3 Å². The van der Waals surface area contributed by atoms with E-state index in [1.54, 1.807) is 18.3 Å². The summed E-state index contributed by atoms with van der Waals surface area (Å²) in [5, 5.41) is 7.53. The maximum atomic E-state index is 11.4. The van der Waals surface area contributed by atoms with Gasteiger partial charge in [0.2, 0.25) is 10.0 Å². The summed E-state index contributed by atoms with van der Waals surface area (Å²) in [7, 11) is -3.70. The molecule has 5 aromatic rings. The molecule has 7 heteroatoms. The minimum atomic E-state index is -3.70. The summed E-state index contributed by atoms with van der Waals surface area (Å²) in [6, 6.07) is 21.1. The number of sulfonamides is 1. The number of fused-ring (bicyclic) bond motifs is 2. The lowest BCUT2D eigenvalue weighted by Crippen LogP contribution is -2.11. The molecule has 6 nitrogen and oxygen atoms in total. The first-order chi connectivity index (χ1) is 14.5. The van der Waals surface area contributed by atoms with Gasteiger partial charge in [-0.25, -0.2) is 18.5 Å². The van der Waals surface area contributed by atoms with Crippen LogP contribution in [-0.2, 0) is 16.4 Å². The number of nitrogens with two attached hydrogens (primary N) is 1. The van der Waals surface area contributed by atoms with Crippen molar-refractivity contribution in [2.75, 3.05) is 0 Å². The zero-order valence-electron chi connectivity index (χ0n) is 15.9. The van der Waals surface area contributed by atoms with E-state index in [1.165, 1.54) is 22.9 Å². The third-order valence-electron chi connectivity index (χ3n) is 5.12. The number of imidazole rings is 1. The van der Waals surface area contributed by atoms with E-state index < -0.39 is 10.0 Å². The molecule has 148 valence electrons. The number of hydrogen-bond acceptors (Lipinski definition) is 4. The van der Waals surface area contributed by atoms with Crippen molar-refractivity contribution in [3.05, 3.63) is 96.6 Å². The highest BCUT2D eigenvalue weighted by Gasteiger charge is 2.12. The average Bonchev–Trinajstić information content (AvgIpc) is 3.19. The molecule has 0 aliphatic carbocycles. The molecule has 0 unspecified atom stereocenters. The van der Waals surface area contributed by atoms with Crippen LogP contribution in [0.4, 0.5) is 0 Å². The van der Waals surface area contributed by atoms with E-state index in [9.17, 15) is 8.42 Å². The largest absolute Gasteiger partial charge is 0.303 e. The Morgan fingerprint density at radius 3 is 2.47 bits per heavy atom. The van der Waals surface area contributed by atoms with Gasteiger partial charge in [-0.1, -0.05) is 48.5 Å². The molecule has 0 radical (unpaired) electrons. The third-order valence-corrected chi connectivity index (χ3v) is 6.05. The molecule has 30 heavy (non-hydrogen) atoms. The van der Waals surface area contributed by atoms with Crippen LogP contribution in [0.5, 0.6) is 0 Å². The van der Waals surface area contributed by atoms with E-state index in [0.717, 1.165) is 28.2 Å². The van der Waals surface area contributed by atoms with Crippen molar-refractivity contribution in [2.45, 2.75) is 11.3 Å². The lowest BCUT2D eigenvalue weighted by Gasteiger charge is -2.04. The summed E-state index contributed by atoms with van der Waals surface area (Å²) in [5.41, 5.74) is 4.43. The Morgan fingerprint density at radius 2 is 1.70 bits per heavy atom. The second kappa shape index (κ2) is 7.05. The summed E-state index contributed by atoms with van der Waals surface area (Å²) >= 11 is 0. The molecule has 0 spiro atoms. The molecule has 0 aliphatic heterocycles. The Labute approximate surface area is 173 Å². The monoisotopic (exact) mass is 414 g/mol. The fourth-order valence-corrected chi connectivity index (χ4v) is 4.09. The van der Waals surface area contributed by atoms with Crippen LogP contribution < -0.4 is 5.14 Å². The summed E-state index contributed by atoms with van der Waals surface area (Å²) in [6.45, 7) is 0. The van der Waals surface area contributed by atoms with Crippen LogP contribution in [0.1, 0.15) is 11.3 Å². The van der Waals surface area contributed by atoms with Gasteiger partial charge in [-0.3, -0.25) is 4.98 Å². The maximum absolute atomic E-state index is 11.4. The molecule has 5 rings (SSSR count). The molecule has 0 atom stereocenters. The van der Waals surface area contributed by atoms with Crippen molar-refractivity contribution in [3.8, 4) is 11.3 Å². The average molecular weight is 414 g/mol. The Bertz CT molecular complexity index is 1490. The van der Waals surface area contributed by atoms with E-state index in [2.05, 4.69) is 35.3 Å². The van der Waals surface area contributed by atoms with Crippen LogP contribution in [0, 0.1) is 0 Å². The van der Waals surface area contributed by atoms with Crippen molar-refractivity contribution in [3.63, 3.8) is 0 Å². The van der Waals surface area contributed by atoms with Gasteiger partial charge in [-0.05, 0) is 34.5 Å². The Balaban J connectivity index is 1.52. The van der Waals surface area contributed by atoms with Crippen molar-refractivity contribution < 1.29 is 8.42 Å². The van der Waals surface area contributed by atoms with Crippen molar-refractivity contribution in [1.29, 1.82) is 0 Å². The lowest BCUT2D eigenvalue weighted by molar-refractivity contribution is 0.598. The fourth-order valence-electron chi connectivity index (χ4n) is 3.58. The zero-order valence-corrected chi connectivity index (χ0v) is 16.8. The van der Waals surface area contributed by atoms with Crippen LogP contribution in [0.15, 0.2) is 90.2 Å². The second-order valence-corrected chi connectivity index (χ2v) is 8.72. The van der Waals surface area contributed by atoms with Crippen LogP contribution in [0.25, 0.3) is 27.7 Å². The van der Waals surface area contributed by atoms with E-state index in [4.69, 9.17) is 10.1 Å². The number of nitrogens with zero attached hydrogens (tertiary/aromatic N) is 3. The first-order valence-corrected chi connectivity index (χ1v) is 11.0. The Kier molecular flexibility index (Phi) is 4.34. The van der Waals surface area contributed by atoms with Crippen LogP contribution in [0.3, 0.4) is 0 Å². The highest BCUT2D eigenvalue weighted by atomic mass is 32.2. The molecule has 2 N–H and O–H groups in total. The molecule has 0 amide bonds. The van der Waals surface area contributed by atoms with Gasteiger partial charge < -0.3 is 4.40 Å². The highest BCUT2D eigenvalue weighted by molar-refractivity contribution is 7.89. The van der Waals surface area contributed by atoms with E-state index >= 15 is 0 Å². The zero-order chi connectivity index (χ0) is 20.7. The van der Waals surface area contributed by atoms with Gasteiger partial charge in [0.15, 0.2) is 5.65 Å². The number of benzene rings is 3. The second-order valence-electron chi connectivity index (χ2n) is 7.16. The van der Waals surface area contributed by atoms with Crippen LogP contribution in [-0.4, -0.2) is 22.8 Å². The van der Waals surface area contributed by atoms with Gasteiger partial charge in [0.1, 0.15) is 0 Å². The van der Waals surface area contributed by atoms with Crippen molar-refractivity contribution in [2.24, 2.45) is 5.14 Å². The van der Waals surface area contributed by atoms with Gasteiger partial charge in [0.25, 0.3) is 0 Å². The van der Waals surface area contributed by atoms with Gasteiger partial charge in [-0.15, -0.1) is 0 Å². The predicted octanol–water partition coefficient (Wildman–Crippen LogP) is 3.79. The molecule has 0 bridgehead atoms. The molecular weight excluding hydrogens is 396 g/mol. The predicted molar refractivity (Wildman–Crippen MR) is 117 cm³/mol. The molecule has 0 saturated heterocycles. The molecule has 0 saturated carbocycles. The van der Waals surface area contributed by atoms with E-state index in [0.29, 0.717) is 6.42 Å². The van der Waals surface area contributed by atoms with Crippen molar-refractivity contribution in [1.82, 2.24) is 14.4 Å². The fraction of sp³-hybridized carbons (Fsp3) is 0.0435. The standard InChI is InChI=1S/C23H18N4O2S/c24-30(28,29)20-9-5-16(6-10-20)13-21-23-26-22(15-27(23)12-11-25-21)19-8-7-17-3-1-2-4-18(17)14-19/h1-12,14-15H,13H2,(H2,24,28,29). The first kappa shape index (κ1) is 18.5. The Morgan fingerprint density at radius 1 is 0.933 bits per heavy atom. The van der Waals surface area contributed by atoms with Crippen LogP contribution >= 0.6 is 0 Å². The topological polar surface area (TPSA) is 90.4 Å². The number of rotatable bonds is 4. The third kappa shape index (κ3) is 3.45. The molecule has 0 aliphatic rings. The van der Waals surface area contributed by atoms with Crippen LogP contribution in [0.2, 0.25) is 0 Å². The minimum absolute atomic E-state index is 0.0943. The van der Waals surface area contributed by atoms with Gasteiger partial charge in [0, 0.05) is 30.6 Å².